The van der Waals surface area contributed by atoms with Crippen molar-refractivity contribution in [2.45, 2.75) is 25.8 Å². The largest absolute Gasteiger partial charge is 0.394 e. The first-order chi connectivity index (χ1) is 8.63. The molecular formula is C13H17ClN2O2. The van der Waals surface area contributed by atoms with Crippen LogP contribution in [-0.2, 0) is 0 Å². The van der Waals surface area contributed by atoms with Gasteiger partial charge in [0.05, 0.1) is 23.4 Å². The van der Waals surface area contributed by atoms with E-state index in [2.05, 4.69) is 5.32 Å². The molecule has 1 aliphatic heterocycles. The summed E-state index contributed by atoms with van der Waals surface area (Å²) in [5.74, 6) is 0. The van der Waals surface area contributed by atoms with E-state index >= 15 is 0 Å². The molecule has 0 bridgehead atoms. The molecule has 0 spiro atoms. The maximum Gasteiger partial charge on any atom is 0.322 e. The maximum atomic E-state index is 12.1. The smallest absolute Gasteiger partial charge is 0.322 e. The second kappa shape index (κ2) is 5.59. The number of carbonyl (C=O) groups excluding carboxylic acids is 1. The molecule has 1 heterocycles. The number of anilines is 1. The minimum Gasteiger partial charge on any atom is -0.394 e. The van der Waals surface area contributed by atoms with Crippen LogP contribution < -0.4 is 5.32 Å². The number of carbonyl (C=O) groups is 1. The van der Waals surface area contributed by atoms with Crippen LogP contribution in [0.1, 0.15) is 18.4 Å². The molecule has 1 atom stereocenters. The number of amides is 2. The lowest BCUT2D eigenvalue weighted by Crippen LogP contribution is -2.40. The van der Waals surface area contributed by atoms with E-state index < -0.39 is 0 Å². The second-order valence-electron chi connectivity index (χ2n) is 4.53. The molecule has 0 unspecified atom stereocenters. The summed E-state index contributed by atoms with van der Waals surface area (Å²) in [7, 11) is 0. The van der Waals surface area contributed by atoms with Gasteiger partial charge in [0.1, 0.15) is 0 Å². The molecule has 5 heteroatoms. The highest BCUT2D eigenvalue weighted by Crippen LogP contribution is 2.26. The van der Waals surface area contributed by atoms with Gasteiger partial charge in [-0.05, 0) is 31.4 Å². The van der Waals surface area contributed by atoms with Crippen molar-refractivity contribution in [2.24, 2.45) is 0 Å². The van der Waals surface area contributed by atoms with E-state index in [-0.39, 0.29) is 18.7 Å². The average molecular weight is 269 g/mol. The van der Waals surface area contributed by atoms with Gasteiger partial charge in [-0.1, -0.05) is 23.7 Å². The zero-order chi connectivity index (χ0) is 13.1. The summed E-state index contributed by atoms with van der Waals surface area (Å²) in [4.78, 5) is 13.8. The van der Waals surface area contributed by atoms with Crippen molar-refractivity contribution in [3.8, 4) is 0 Å². The first-order valence-electron chi connectivity index (χ1n) is 6.07. The molecule has 1 fully saturated rings. The summed E-state index contributed by atoms with van der Waals surface area (Å²) in [5, 5.41) is 12.6. The van der Waals surface area contributed by atoms with Crippen LogP contribution >= 0.6 is 11.6 Å². The van der Waals surface area contributed by atoms with E-state index in [1.807, 2.05) is 19.1 Å². The number of benzene rings is 1. The van der Waals surface area contributed by atoms with Gasteiger partial charge in [0.2, 0.25) is 0 Å². The number of nitrogens with zero attached hydrogens (tertiary/aromatic N) is 1. The molecule has 2 N–H and O–H groups in total. The molecule has 0 aliphatic carbocycles. The number of halogens is 1. The van der Waals surface area contributed by atoms with Gasteiger partial charge in [0.25, 0.3) is 0 Å². The number of aliphatic hydroxyl groups excluding tert-OH is 1. The molecule has 0 saturated carbocycles. The minimum atomic E-state index is -0.192. The zero-order valence-electron chi connectivity index (χ0n) is 10.3. The number of hydrogen-bond donors (Lipinski definition) is 2. The van der Waals surface area contributed by atoms with Crippen molar-refractivity contribution in [3.05, 3.63) is 28.8 Å². The Balaban J connectivity index is 2.12. The normalized spacial score (nSPS) is 19.1. The number of aryl methyl sites for hydroxylation is 1. The fourth-order valence-electron chi connectivity index (χ4n) is 2.26. The predicted octanol–water partition coefficient (Wildman–Crippen LogP) is 2.64. The quantitative estimate of drug-likeness (QED) is 0.866. The Morgan fingerprint density at radius 3 is 3.06 bits per heavy atom. The van der Waals surface area contributed by atoms with Gasteiger partial charge in [-0.2, -0.15) is 0 Å². The van der Waals surface area contributed by atoms with Crippen molar-refractivity contribution in [2.75, 3.05) is 18.5 Å². The molecule has 98 valence electrons. The number of urea groups is 1. The van der Waals surface area contributed by atoms with E-state index in [9.17, 15) is 9.90 Å². The lowest BCUT2D eigenvalue weighted by molar-refractivity contribution is 0.166. The summed E-state index contributed by atoms with van der Waals surface area (Å²) < 4.78 is 0. The lowest BCUT2D eigenvalue weighted by Gasteiger charge is -2.24. The monoisotopic (exact) mass is 268 g/mol. The van der Waals surface area contributed by atoms with E-state index in [0.717, 1.165) is 18.4 Å². The van der Waals surface area contributed by atoms with Gasteiger partial charge in [0.15, 0.2) is 0 Å². The molecule has 1 saturated heterocycles. The van der Waals surface area contributed by atoms with Crippen LogP contribution in [0.25, 0.3) is 0 Å². The number of para-hydroxylation sites is 1. The van der Waals surface area contributed by atoms with E-state index in [1.165, 1.54) is 0 Å². The number of rotatable bonds is 2. The fraction of sp³-hybridized carbons (Fsp3) is 0.462. The molecule has 0 radical (unpaired) electrons. The van der Waals surface area contributed by atoms with Crippen LogP contribution in [0.5, 0.6) is 0 Å². The van der Waals surface area contributed by atoms with Crippen LogP contribution in [0.15, 0.2) is 18.2 Å². The van der Waals surface area contributed by atoms with E-state index in [0.29, 0.717) is 17.3 Å². The Hall–Kier alpha value is -1.26. The molecule has 1 aromatic rings. The molecule has 0 aromatic heterocycles. The average Bonchev–Trinajstić information content (AvgIpc) is 2.82. The Bertz CT molecular complexity index is 430. The van der Waals surface area contributed by atoms with Crippen molar-refractivity contribution in [1.29, 1.82) is 0 Å². The van der Waals surface area contributed by atoms with Crippen LogP contribution in [-0.4, -0.2) is 35.2 Å². The van der Waals surface area contributed by atoms with Crippen molar-refractivity contribution in [1.82, 2.24) is 4.90 Å². The first-order valence-corrected chi connectivity index (χ1v) is 6.45. The molecule has 1 aliphatic rings. The highest BCUT2D eigenvalue weighted by atomic mass is 35.5. The minimum absolute atomic E-state index is 0.00885. The molecule has 18 heavy (non-hydrogen) atoms. The van der Waals surface area contributed by atoms with Crippen LogP contribution in [0.4, 0.5) is 10.5 Å². The van der Waals surface area contributed by atoms with Crippen molar-refractivity contribution in [3.63, 3.8) is 0 Å². The number of nitrogens with one attached hydrogen (secondary N) is 1. The van der Waals surface area contributed by atoms with Crippen molar-refractivity contribution < 1.29 is 9.90 Å². The Labute approximate surface area is 112 Å². The van der Waals surface area contributed by atoms with Gasteiger partial charge in [0, 0.05) is 6.54 Å². The summed E-state index contributed by atoms with van der Waals surface area (Å²) >= 11 is 6.07. The summed E-state index contributed by atoms with van der Waals surface area (Å²) in [6.07, 6.45) is 1.78. The van der Waals surface area contributed by atoms with Crippen LogP contribution in [0, 0.1) is 6.92 Å². The SMILES string of the molecule is Cc1cccc(Cl)c1NC(=O)N1CCC[C@@H]1CO. The molecule has 1 aromatic carbocycles. The van der Waals surface area contributed by atoms with Gasteiger partial charge >= 0.3 is 6.03 Å². The van der Waals surface area contributed by atoms with E-state index in [1.54, 1.807) is 11.0 Å². The third-order valence-corrected chi connectivity index (χ3v) is 3.62. The summed E-state index contributed by atoms with van der Waals surface area (Å²) in [6.45, 7) is 2.59. The Kier molecular flexibility index (Phi) is 4.09. The second-order valence-corrected chi connectivity index (χ2v) is 4.94. The van der Waals surface area contributed by atoms with Crippen LogP contribution in [0.2, 0.25) is 5.02 Å². The van der Waals surface area contributed by atoms with Crippen LogP contribution in [0.3, 0.4) is 0 Å². The molecule has 4 nitrogen and oxygen atoms in total. The molecule has 2 amide bonds. The molecule has 2 rings (SSSR count). The third-order valence-electron chi connectivity index (χ3n) is 3.30. The van der Waals surface area contributed by atoms with Gasteiger partial charge in [-0.15, -0.1) is 0 Å². The highest BCUT2D eigenvalue weighted by Gasteiger charge is 2.28. The maximum absolute atomic E-state index is 12.1. The Morgan fingerprint density at radius 1 is 1.61 bits per heavy atom. The number of likely N-dealkylation sites (tertiary alicyclic amines) is 1. The first kappa shape index (κ1) is 13.2. The van der Waals surface area contributed by atoms with Gasteiger partial charge in [-0.3, -0.25) is 0 Å². The predicted molar refractivity (Wildman–Crippen MR) is 72.0 cm³/mol. The zero-order valence-corrected chi connectivity index (χ0v) is 11.1. The van der Waals surface area contributed by atoms with Gasteiger partial charge < -0.3 is 15.3 Å². The van der Waals surface area contributed by atoms with Gasteiger partial charge in [-0.25, -0.2) is 4.79 Å². The third kappa shape index (κ3) is 2.60. The number of aliphatic hydroxyl groups is 1. The topological polar surface area (TPSA) is 52.6 Å². The summed E-state index contributed by atoms with van der Waals surface area (Å²) in [6, 6.07) is 5.22. The Morgan fingerprint density at radius 2 is 2.39 bits per heavy atom. The standard InChI is InChI=1S/C13H17ClN2O2/c1-9-4-2-6-11(14)12(9)15-13(18)16-7-3-5-10(16)8-17/h2,4,6,10,17H,3,5,7-8H2,1H3,(H,15,18)/t10-/m1/s1. The number of hydrogen-bond acceptors (Lipinski definition) is 2. The highest BCUT2D eigenvalue weighted by molar-refractivity contribution is 6.33. The molecular weight excluding hydrogens is 252 g/mol. The van der Waals surface area contributed by atoms with E-state index in [4.69, 9.17) is 11.6 Å². The van der Waals surface area contributed by atoms with Crippen molar-refractivity contribution >= 4 is 23.3 Å². The lowest BCUT2D eigenvalue weighted by atomic mass is 10.2. The fourth-order valence-corrected chi connectivity index (χ4v) is 2.53. The summed E-state index contributed by atoms with van der Waals surface area (Å²) in [5.41, 5.74) is 1.57.